The summed E-state index contributed by atoms with van der Waals surface area (Å²) in [6, 6.07) is 6.94. The lowest BCUT2D eigenvalue weighted by molar-refractivity contribution is -0.152. The van der Waals surface area contributed by atoms with Crippen LogP contribution in [0, 0.1) is 23.2 Å². The molecule has 28 heavy (non-hydrogen) atoms. The van der Waals surface area contributed by atoms with Crippen LogP contribution < -0.4 is 5.32 Å². The van der Waals surface area contributed by atoms with Crippen molar-refractivity contribution in [3.05, 3.63) is 35.4 Å². The van der Waals surface area contributed by atoms with Crippen LogP contribution in [0.1, 0.15) is 68.3 Å². The normalized spacial score (nSPS) is 31.3. The first-order chi connectivity index (χ1) is 13.3. The fourth-order valence-electron chi connectivity index (χ4n) is 6.11. The minimum absolute atomic E-state index is 0.0968. The first-order valence-corrected chi connectivity index (χ1v) is 10.4. The van der Waals surface area contributed by atoms with Gasteiger partial charge in [-0.3, -0.25) is 9.59 Å². The summed E-state index contributed by atoms with van der Waals surface area (Å²) >= 11 is 0. The summed E-state index contributed by atoms with van der Waals surface area (Å²) in [5.74, 6) is 1.64. The molecule has 5 heteroatoms. The topological polar surface area (TPSA) is 72.5 Å². The van der Waals surface area contributed by atoms with Gasteiger partial charge in [-0.15, -0.1) is 0 Å². The zero-order valence-corrected chi connectivity index (χ0v) is 16.7. The van der Waals surface area contributed by atoms with Gasteiger partial charge in [0.15, 0.2) is 11.9 Å². The van der Waals surface area contributed by atoms with Gasteiger partial charge >= 0.3 is 5.97 Å². The lowest BCUT2D eigenvalue weighted by Gasteiger charge is -2.56. The SMILES string of the molecule is CC(=O)NCc1ccc(C(=O)O[C@@H](C)C(=O)C23CC4CC(CC(C4)C2)C3)cc1. The lowest BCUT2D eigenvalue weighted by Crippen LogP contribution is -2.52. The summed E-state index contributed by atoms with van der Waals surface area (Å²) in [5.41, 5.74) is 1.08. The summed E-state index contributed by atoms with van der Waals surface area (Å²) in [7, 11) is 0. The second-order valence-electron chi connectivity index (χ2n) is 9.22. The maximum atomic E-state index is 13.2. The molecule has 0 unspecified atom stereocenters. The van der Waals surface area contributed by atoms with Gasteiger partial charge < -0.3 is 10.1 Å². The van der Waals surface area contributed by atoms with Crippen LogP contribution in [0.25, 0.3) is 0 Å². The molecule has 0 radical (unpaired) electrons. The first-order valence-electron chi connectivity index (χ1n) is 10.4. The summed E-state index contributed by atoms with van der Waals surface area (Å²) in [5, 5.41) is 2.72. The Morgan fingerprint density at radius 2 is 1.57 bits per heavy atom. The Hall–Kier alpha value is -2.17. The molecular formula is C23H29NO4. The Morgan fingerprint density at radius 3 is 2.07 bits per heavy atom. The number of benzene rings is 1. The van der Waals surface area contributed by atoms with Crippen molar-refractivity contribution in [3.63, 3.8) is 0 Å². The highest BCUT2D eigenvalue weighted by molar-refractivity contribution is 5.94. The van der Waals surface area contributed by atoms with Gasteiger partial charge in [-0.2, -0.15) is 0 Å². The third-order valence-corrected chi connectivity index (χ3v) is 6.95. The van der Waals surface area contributed by atoms with Gasteiger partial charge in [-0.25, -0.2) is 4.79 Å². The van der Waals surface area contributed by atoms with Gasteiger partial charge in [-0.1, -0.05) is 12.1 Å². The molecule has 1 amide bonds. The van der Waals surface area contributed by atoms with Crippen molar-refractivity contribution < 1.29 is 19.1 Å². The average molecular weight is 383 g/mol. The fourth-order valence-corrected chi connectivity index (χ4v) is 6.11. The highest BCUT2D eigenvalue weighted by atomic mass is 16.5. The van der Waals surface area contributed by atoms with Crippen molar-refractivity contribution in [1.82, 2.24) is 5.32 Å². The zero-order chi connectivity index (χ0) is 19.9. The predicted molar refractivity (Wildman–Crippen MR) is 104 cm³/mol. The molecule has 0 heterocycles. The van der Waals surface area contributed by atoms with Crippen LogP contribution in [0.2, 0.25) is 0 Å². The molecule has 4 saturated carbocycles. The van der Waals surface area contributed by atoms with Crippen molar-refractivity contribution in [1.29, 1.82) is 0 Å². The van der Waals surface area contributed by atoms with E-state index in [-0.39, 0.29) is 17.1 Å². The number of esters is 1. The van der Waals surface area contributed by atoms with Crippen LogP contribution in [-0.4, -0.2) is 23.8 Å². The Morgan fingerprint density at radius 1 is 1.04 bits per heavy atom. The van der Waals surface area contributed by atoms with E-state index in [0.29, 0.717) is 29.9 Å². The minimum atomic E-state index is -0.706. The molecule has 4 aliphatic carbocycles. The van der Waals surface area contributed by atoms with E-state index in [1.54, 1.807) is 31.2 Å². The third-order valence-electron chi connectivity index (χ3n) is 6.95. The van der Waals surface area contributed by atoms with Gasteiger partial charge in [0.05, 0.1) is 5.56 Å². The van der Waals surface area contributed by atoms with Crippen molar-refractivity contribution in [3.8, 4) is 0 Å². The van der Waals surface area contributed by atoms with Gasteiger partial charge in [-0.05, 0) is 80.9 Å². The number of amides is 1. The smallest absolute Gasteiger partial charge is 0.338 e. The van der Waals surface area contributed by atoms with E-state index < -0.39 is 12.1 Å². The first kappa shape index (κ1) is 19.2. The van der Waals surface area contributed by atoms with Crippen molar-refractivity contribution in [2.75, 3.05) is 0 Å². The molecule has 1 N–H and O–H groups in total. The number of rotatable bonds is 6. The molecule has 5 nitrogen and oxygen atoms in total. The summed E-state index contributed by atoms with van der Waals surface area (Å²) in [6.45, 7) is 3.61. The van der Waals surface area contributed by atoms with E-state index in [1.807, 2.05) is 0 Å². The second-order valence-corrected chi connectivity index (χ2v) is 9.22. The molecule has 150 valence electrons. The number of carbonyl (C=O) groups is 3. The lowest BCUT2D eigenvalue weighted by atomic mass is 9.48. The summed E-state index contributed by atoms with van der Waals surface area (Å²) in [4.78, 5) is 36.8. The number of ketones is 1. The fraction of sp³-hybridized carbons (Fsp3) is 0.609. The van der Waals surface area contributed by atoms with Crippen LogP contribution in [0.5, 0.6) is 0 Å². The zero-order valence-electron chi connectivity index (χ0n) is 16.7. The summed E-state index contributed by atoms with van der Waals surface area (Å²) < 4.78 is 5.57. The van der Waals surface area contributed by atoms with Crippen molar-refractivity contribution in [2.24, 2.45) is 23.2 Å². The Kier molecular flexibility index (Phi) is 5.02. The molecule has 4 fully saturated rings. The molecule has 4 bridgehead atoms. The molecule has 1 aromatic rings. The largest absolute Gasteiger partial charge is 0.451 e. The number of nitrogens with one attached hydrogen (secondary N) is 1. The molecular weight excluding hydrogens is 354 g/mol. The molecule has 0 aliphatic heterocycles. The maximum absolute atomic E-state index is 13.2. The number of carbonyl (C=O) groups excluding carboxylic acids is 3. The highest BCUT2D eigenvalue weighted by Gasteiger charge is 2.55. The minimum Gasteiger partial charge on any atom is -0.451 e. The van der Waals surface area contributed by atoms with Gasteiger partial charge in [0.1, 0.15) is 0 Å². The summed E-state index contributed by atoms with van der Waals surface area (Å²) in [6.07, 6.45) is 6.10. The molecule has 1 aromatic carbocycles. The van der Waals surface area contributed by atoms with Gasteiger partial charge in [0.25, 0.3) is 0 Å². The molecule has 1 atom stereocenters. The molecule has 4 aliphatic rings. The second kappa shape index (κ2) is 7.34. The van der Waals surface area contributed by atoms with Crippen molar-refractivity contribution in [2.45, 2.75) is 65.0 Å². The molecule has 0 aromatic heterocycles. The number of ether oxygens (including phenoxy) is 1. The highest BCUT2D eigenvalue weighted by Crippen LogP contribution is 2.60. The standard InChI is InChI=1S/C23H29NO4/c1-14(21(26)23-10-17-7-18(11-23)9-19(8-17)12-23)28-22(27)20-5-3-16(4-6-20)13-24-15(2)25/h3-6,14,17-19H,7-13H2,1-2H3,(H,24,25)/t14-,17?,18?,19?,23?/m0/s1. The van der Waals surface area contributed by atoms with Gasteiger partial charge in [0, 0.05) is 18.9 Å². The molecule has 0 saturated heterocycles. The average Bonchev–Trinajstić information content (AvgIpc) is 2.65. The van der Waals surface area contributed by atoms with Crippen molar-refractivity contribution >= 4 is 17.7 Å². The van der Waals surface area contributed by atoms with Gasteiger partial charge in [0.2, 0.25) is 5.91 Å². The van der Waals surface area contributed by atoms with Crippen LogP contribution in [0.3, 0.4) is 0 Å². The maximum Gasteiger partial charge on any atom is 0.338 e. The van der Waals surface area contributed by atoms with E-state index in [0.717, 1.165) is 24.8 Å². The quantitative estimate of drug-likeness (QED) is 0.761. The van der Waals surface area contributed by atoms with E-state index in [1.165, 1.54) is 26.2 Å². The van der Waals surface area contributed by atoms with E-state index in [2.05, 4.69) is 5.32 Å². The van der Waals surface area contributed by atoms with Crippen LogP contribution in [-0.2, 0) is 20.9 Å². The third kappa shape index (κ3) is 3.71. The number of hydrogen-bond acceptors (Lipinski definition) is 4. The number of hydrogen-bond donors (Lipinski definition) is 1. The van der Waals surface area contributed by atoms with Crippen LogP contribution in [0.4, 0.5) is 0 Å². The van der Waals surface area contributed by atoms with E-state index in [9.17, 15) is 14.4 Å². The van der Waals surface area contributed by atoms with Crippen LogP contribution >= 0.6 is 0 Å². The number of Topliss-reactive ketones (excluding diaryl/α,β-unsaturated/α-hetero) is 1. The molecule has 5 rings (SSSR count). The Bertz CT molecular complexity index is 747. The van der Waals surface area contributed by atoms with Crippen LogP contribution in [0.15, 0.2) is 24.3 Å². The molecule has 0 spiro atoms. The Labute approximate surface area is 166 Å². The predicted octanol–water partition coefficient (Wildman–Crippen LogP) is 3.65. The van der Waals surface area contributed by atoms with E-state index >= 15 is 0 Å². The van der Waals surface area contributed by atoms with E-state index in [4.69, 9.17) is 4.74 Å². The monoisotopic (exact) mass is 383 g/mol. The Balaban J connectivity index is 1.38.